The van der Waals surface area contributed by atoms with E-state index in [0.29, 0.717) is 28.0 Å². The average molecular weight is 434 g/mol. The third kappa shape index (κ3) is 4.86. The number of carbonyl (C=O) groups excluding carboxylic acids is 1. The predicted molar refractivity (Wildman–Crippen MR) is 122 cm³/mol. The molecule has 0 radical (unpaired) electrons. The van der Waals surface area contributed by atoms with Gasteiger partial charge in [0.05, 0.1) is 0 Å². The largest absolute Gasteiger partial charge is 0.350 e. The molecule has 2 aromatic heterocycles. The number of aromatic nitrogens is 4. The van der Waals surface area contributed by atoms with E-state index in [1.807, 2.05) is 54.6 Å². The molecule has 158 valence electrons. The van der Waals surface area contributed by atoms with E-state index in [4.69, 9.17) is 0 Å². The van der Waals surface area contributed by atoms with Gasteiger partial charge in [0.25, 0.3) is 0 Å². The molecule has 4 rings (SSSR count). The van der Waals surface area contributed by atoms with E-state index in [1.54, 1.807) is 12.4 Å². The maximum Gasteiger partial charge on any atom is 0.350 e. The van der Waals surface area contributed by atoms with Gasteiger partial charge in [-0.05, 0) is 29.2 Å². The van der Waals surface area contributed by atoms with Crippen LogP contribution in [0.4, 0.5) is 5.69 Å². The molecule has 2 aromatic carbocycles. The zero-order chi connectivity index (χ0) is 21.8. The van der Waals surface area contributed by atoms with E-state index < -0.39 is 0 Å². The molecule has 0 saturated heterocycles. The molecule has 0 saturated carbocycles. The van der Waals surface area contributed by atoms with Crippen LogP contribution in [-0.4, -0.2) is 25.1 Å². The van der Waals surface area contributed by atoms with E-state index in [0.717, 1.165) is 11.1 Å². The summed E-state index contributed by atoms with van der Waals surface area (Å²) < 4.78 is 2.60. The average Bonchev–Trinajstić information content (AvgIpc) is 3.09. The number of fused-ring (bicyclic) bond motifs is 1. The van der Waals surface area contributed by atoms with Crippen LogP contribution in [0.1, 0.15) is 30.9 Å². The number of hydrogen-bond donors (Lipinski definition) is 1. The highest BCUT2D eigenvalue weighted by atomic mass is 32.2. The minimum absolute atomic E-state index is 0.171. The number of hydrogen-bond acceptors (Lipinski definition) is 5. The van der Waals surface area contributed by atoms with Gasteiger partial charge in [-0.2, -0.15) is 0 Å². The van der Waals surface area contributed by atoms with Crippen molar-refractivity contribution >= 4 is 29.0 Å². The SMILES string of the molecule is CC(C)c1cccc(NC(=O)Cn2nc3c(SCc4ccccc4)nccn3c2=O)c1. The van der Waals surface area contributed by atoms with Crippen molar-refractivity contribution in [3.63, 3.8) is 0 Å². The molecule has 7 nitrogen and oxygen atoms in total. The summed E-state index contributed by atoms with van der Waals surface area (Å²) in [7, 11) is 0. The summed E-state index contributed by atoms with van der Waals surface area (Å²) in [6, 6.07) is 17.7. The van der Waals surface area contributed by atoms with Crippen LogP contribution in [0.15, 0.2) is 76.8 Å². The summed E-state index contributed by atoms with van der Waals surface area (Å²) in [4.78, 5) is 29.7. The van der Waals surface area contributed by atoms with Gasteiger partial charge in [0.15, 0.2) is 5.65 Å². The molecule has 0 fully saturated rings. The molecule has 0 spiro atoms. The molecule has 1 N–H and O–H groups in total. The van der Waals surface area contributed by atoms with Crippen LogP contribution < -0.4 is 11.0 Å². The van der Waals surface area contributed by atoms with E-state index in [-0.39, 0.29) is 18.1 Å². The molecule has 0 aliphatic heterocycles. The van der Waals surface area contributed by atoms with Crippen molar-refractivity contribution in [2.75, 3.05) is 5.32 Å². The molecule has 0 bridgehead atoms. The highest BCUT2D eigenvalue weighted by Crippen LogP contribution is 2.23. The predicted octanol–water partition coefficient (Wildman–Crippen LogP) is 3.95. The van der Waals surface area contributed by atoms with Gasteiger partial charge in [0.1, 0.15) is 11.6 Å². The molecule has 4 aromatic rings. The second-order valence-corrected chi connectivity index (χ2v) is 8.43. The second kappa shape index (κ2) is 9.18. The molecule has 0 aliphatic carbocycles. The number of thioether (sulfide) groups is 1. The summed E-state index contributed by atoms with van der Waals surface area (Å²) in [5.41, 5.74) is 3.07. The van der Waals surface area contributed by atoms with Crippen LogP contribution in [-0.2, 0) is 17.1 Å². The van der Waals surface area contributed by atoms with Gasteiger partial charge in [-0.25, -0.2) is 18.9 Å². The molecular weight excluding hydrogens is 410 g/mol. The van der Waals surface area contributed by atoms with Crippen LogP contribution in [0, 0.1) is 0 Å². The van der Waals surface area contributed by atoms with Crippen molar-refractivity contribution in [3.8, 4) is 0 Å². The Kier molecular flexibility index (Phi) is 6.18. The topological polar surface area (TPSA) is 81.3 Å². The van der Waals surface area contributed by atoms with Gasteiger partial charge in [-0.15, -0.1) is 5.10 Å². The third-order valence-corrected chi connectivity index (χ3v) is 5.86. The Hall–Kier alpha value is -3.39. The number of rotatable bonds is 7. The Bertz CT molecular complexity index is 1260. The number of carbonyl (C=O) groups is 1. The molecule has 0 unspecified atom stereocenters. The van der Waals surface area contributed by atoms with E-state index in [1.165, 1.54) is 20.8 Å². The lowest BCUT2D eigenvalue weighted by Gasteiger charge is -2.09. The lowest BCUT2D eigenvalue weighted by molar-refractivity contribution is -0.117. The van der Waals surface area contributed by atoms with Crippen molar-refractivity contribution in [1.29, 1.82) is 0 Å². The van der Waals surface area contributed by atoms with E-state index in [2.05, 4.69) is 29.2 Å². The Balaban J connectivity index is 1.52. The number of anilines is 1. The minimum Gasteiger partial charge on any atom is -0.324 e. The third-order valence-electron chi connectivity index (χ3n) is 4.82. The van der Waals surface area contributed by atoms with Crippen molar-refractivity contribution in [3.05, 3.63) is 88.6 Å². The van der Waals surface area contributed by atoms with E-state index >= 15 is 0 Å². The van der Waals surface area contributed by atoms with Crippen LogP contribution in [0.25, 0.3) is 5.65 Å². The lowest BCUT2D eigenvalue weighted by atomic mass is 10.0. The molecular formula is C23H23N5O2S. The number of nitrogens with zero attached hydrogens (tertiary/aromatic N) is 4. The first-order valence-electron chi connectivity index (χ1n) is 10.0. The fourth-order valence-electron chi connectivity index (χ4n) is 3.17. The lowest BCUT2D eigenvalue weighted by Crippen LogP contribution is -2.28. The van der Waals surface area contributed by atoms with Crippen LogP contribution in [0.2, 0.25) is 0 Å². The maximum absolute atomic E-state index is 12.7. The Labute approximate surface area is 184 Å². The number of benzene rings is 2. The molecule has 0 atom stereocenters. The number of nitrogens with one attached hydrogen (secondary N) is 1. The first kappa shape index (κ1) is 20.9. The quantitative estimate of drug-likeness (QED) is 0.447. The zero-order valence-corrected chi connectivity index (χ0v) is 18.2. The van der Waals surface area contributed by atoms with Gasteiger partial charge in [0.2, 0.25) is 5.91 Å². The summed E-state index contributed by atoms with van der Waals surface area (Å²) in [6.07, 6.45) is 3.14. The fourth-order valence-corrected chi connectivity index (χ4v) is 4.07. The molecule has 31 heavy (non-hydrogen) atoms. The van der Waals surface area contributed by atoms with Gasteiger partial charge in [0, 0.05) is 23.8 Å². The Morgan fingerprint density at radius 1 is 1.13 bits per heavy atom. The van der Waals surface area contributed by atoms with Gasteiger partial charge >= 0.3 is 5.69 Å². The molecule has 0 aliphatic rings. The molecule has 1 amide bonds. The van der Waals surface area contributed by atoms with Gasteiger partial charge in [-0.3, -0.25) is 4.79 Å². The Morgan fingerprint density at radius 3 is 2.71 bits per heavy atom. The standard InChI is InChI=1S/C23H23N5O2S/c1-16(2)18-9-6-10-19(13-18)25-20(29)14-28-23(30)27-12-11-24-22(21(27)26-28)31-15-17-7-4-3-5-8-17/h3-13,16H,14-15H2,1-2H3,(H,25,29). The summed E-state index contributed by atoms with van der Waals surface area (Å²) in [5, 5.41) is 7.87. The van der Waals surface area contributed by atoms with Crippen LogP contribution in [0.3, 0.4) is 0 Å². The number of amides is 1. The summed E-state index contributed by atoms with van der Waals surface area (Å²) >= 11 is 1.50. The smallest absolute Gasteiger partial charge is 0.324 e. The first-order chi connectivity index (χ1) is 15.0. The summed E-state index contributed by atoms with van der Waals surface area (Å²) in [5.74, 6) is 0.761. The normalized spacial score (nSPS) is 11.2. The van der Waals surface area contributed by atoms with Crippen LogP contribution >= 0.6 is 11.8 Å². The van der Waals surface area contributed by atoms with Crippen molar-refractivity contribution in [1.82, 2.24) is 19.2 Å². The molecule has 8 heteroatoms. The van der Waals surface area contributed by atoms with Crippen LogP contribution in [0.5, 0.6) is 0 Å². The molecule has 2 heterocycles. The van der Waals surface area contributed by atoms with Crippen molar-refractivity contribution < 1.29 is 4.79 Å². The highest BCUT2D eigenvalue weighted by molar-refractivity contribution is 7.98. The first-order valence-corrected chi connectivity index (χ1v) is 11.0. The second-order valence-electron chi connectivity index (χ2n) is 7.47. The van der Waals surface area contributed by atoms with Crippen molar-refractivity contribution in [2.45, 2.75) is 37.1 Å². The monoisotopic (exact) mass is 433 g/mol. The van der Waals surface area contributed by atoms with Crippen molar-refractivity contribution in [2.24, 2.45) is 0 Å². The fraction of sp³-hybridized carbons (Fsp3) is 0.217. The maximum atomic E-state index is 12.7. The summed E-state index contributed by atoms with van der Waals surface area (Å²) in [6.45, 7) is 4.02. The highest BCUT2D eigenvalue weighted by Gasteiger charge is 2.15. The van der Waals surface area contributed by atoms with E-state index in [9.17, 15) is 9.59 Å². The minimum atomic E-state index is -0.370. The van der Waals surface area contributed by atoms with Gasteiger partial charge in [-0.1, -0.05) is 68.1 Å². The Morgan fingerprint density at radius 2 is 1.94 bits per heavy atom. The zero-order valence-electron chi connectivity index (χ0n) is 17.4. The van der Waals surface area contributed by atoms with Gasteiger partial charge < -0.3 is 5.32 Å².